The molecular weight excluding hydrogens is 234 g/mol. The summed E-state index contributed by atoms with van der Waals surface area (Å²) < 4.78 is 0. The van der Waals surface area contributed by atoms with Gasteiger partial charge in [0.15, 0.2) is 0 Å². The fourth-order valence-corrected chi connectivity index (χ4v) is 0. The molecule has 0 radical (unpaired) electrons. The molecule has 0 saturated heterocycles. The van der Waals surface area contributed by atoms with Crippen molar-refractivity contribution < 1.29 is 0 Å². The maximum absolute atomic E-state index is 0. The van der Waals surface area contributed by atoms with E-state index < -0.39 is 0 Å². The van der Waals surface area contributed by atoms with E-state index in [-0.39, 0.29) is 89.4 Å². The molecule has 0 aromatic rings. The Balaban J connectivity index is 0. The van der Waals surface area contributed by atoms with Crippen LogP contribution in [0.15, 0.2) is 0 Å². The third-order valence-electron chi connectivity index (χ3n) is 0. The standard InChI is InChI=1S/Ba.3S/q+2;3*-2. The predicted octanol–water partition coefficient (Wildman–Crippen LogP) is -0.388. The van der Waals surface area contributed by atoms with E-state index in [1.54, 1.807) is 0 Å². The van der Waals surface area contributed by atoms with Crippen LogP contribution in [0.5, 0.6) is 0 Å². The van der Waals surface area contributed by atoms with E-state index in [0.29, 0.717) is 0 Å². The van der Waals surface area contributed by atoms with Crippen molar-refractivity contribution in [2.24, 2.45) is 0 Å². The van der Waals surface area contributed by atoms with E-state index in [9.17, 15) is 0 Å². The minimum absolute atomic E-state index is 0. The van der Waals surface area contributed by atoms with Gasteiger partial charge >= 0.3 is 48.9 Å². The molecule has 0 aliphatic heterocycles. The van der Waals surface area contributed by atoms with Crippen LogP contribution in [0.2, 0.25) is 0 Å². The molecule has 0 N–H and O–H groups in total. The fourth-order valence-electron chi connectivity index (χ4n) is 0. The molecule has 0 spiro atoms. The van der Waals surface area contributed by atoms with Crippen molar-refractivity contribution in [3.05, 3.63) is 0 Å². The summed E-state index contributed by atoms with van der Waals surface area (Å²) in [6, 6.07) is 0. The molecule has 0 aliphatic carbocycles. The second-order valence-corrected chi connectivity index (χ2v) is 0. The molecule has 0 amide bonds. The van der Waals surface area contributed by atoms with Gasteiger partial charge in [-0.25, -0.2) is 0 Å². The van der Waals surface area contributed by atoms with E-state index in [1.807, 2.05) is 0 Å². The molecule has 0 bridgehead atoms. The summed E-state index contributed by atoms with van der Waals surface area (Å²) in [7, 11) is 0. The monoisotopic (exact) mass is 234 g/mol. The first kappa shape index (κ1) is 30.4. The second-order valence-electron chi connectivity index (χ2n) is 0. The van der Waals surface area contributed by atoms with Crippen molar-refractivity contribution in [2.45, 2.75) is 0 Å². The first-order chi connectivity index (χ1) is 0. The van der Waals surface area contributed by atoms with Crippen molar-refractivity contribution in [1.29, 1.82) is 0 Å². The van der Waals surface area contributed by atoms with E-state index in [2.05, 4.69) is 0 Å². The van der Waals surface area contributed by atoms with Gasteiger partial charge in [0.05, 0.1) is 0 Å². The van der Waals surface area contributed by atoms with Crippen molar-refractivity contribution in [1.82, 2.24) is 0 Å². The summed E-state index contributed by atoms with van der Waals surface area (Å²) >= 11 is 0. The van der Waals surface area contributed by atoms with E-state index in [0.717, 1.165) is 0 Å². The van der Waals surface area contributed by atoms with Crippen molar-refractivity contribution in [3.63, 3.8) is 0 Å². The van der Waals surface area contributed by atoms with Crippen molar-refractivity contribution in [2.75, 3.05) is 0 Å². The first-order valence-electron chi connectivity index (χ1n) is 0. The van der Waals surface area contributed by atoms with Crippen LogP contribution in [0.25, 0.3) is 0 Å². The Hall–Kier alpha value is 2.62. The van der Waals surface area contributed by atoms with Crippen LogP contribution in [0.3, 0.4) is 0 Å². The molecule has 4 heavy (non-hydrogen) atoms. The Morgan fingerprint density at radius 1 is 0.500 bits per heavy atom. The zero-order valence-electron chi connectivity index (χ0n) is 1.93. The molecule has 0 nitrogen and oxygen atoms in total. The Kier molecular flexibility index (Phi) is 133. The Labute approximate surface area is 87.5 Å². The van der Waals surface area contributed by atoms with Crippen LogP contribution >= 0.6 is 0 Å². The van der Waals surface area contributed by atoms with Crippen LogP contribution in [0.4, 0.5) is 0 Å². The van der Waals surface area contributed by atoms with Gasteiger partial charge in [-0.3, -0.25) is 0 Å². The second kappa shape index (κ2) is 17.5. The summed E-state index contributed by atoms with van der Waals surface area (Å²) in [5.74, 6) is 0. The van der Waals surface area contributed by atoms with Crippen LogP contribution in [0.1, 0.15) is 0 Å². The third-order valence-corrected chi connectivity index (χ3v) is 0. The minimum atomic E-state index is 0. The van der Waals surface area contributed by atoms with Gasteiger partial charge in [0.2, 0.25) is 0 Å². The van der Waals surface area contributed by atoms with Gasteiger partial charge in [0.1, 0.15) is 0 Å². The molecule has 0 fully saturated rings. The zero-order chi connectivity index (χ0) is 0. The van der Waals surface area contributed by atoms with Gasteiger partial charge in [0, 0.05) is 0 Å². The average Bonchev–Trinajstić information content (AvgIpc) is 0. The van der Waals surface area contributed by atoms with Crippen molar-refractivity contribution >= 4 is 89.4 Å². The Morgan fingerprint density at radius 3 is 0.500 bits per heavy atom. The topological polar surface area (TPSA) is 0 Å². The molecule has 0 aromatic carbocycles. The molecule has 0 atom stereocenters. The molecule has 24 valence electrons. The molecule has 4 heteroatoms. The summed E-state index contributed by atoms with van der Waals surface area (Å²) in [4.78, 5) is 0. The van der Waals surface area contributed by atoms with Crippen LogP contribution in [-0.2, 0) is 40.5 Å². The molecule has 0 saturated carbocycles. The van der Waals surface area contributed by atoms with E-state index in [1.165, 1.54) is 0 Å². The SMILES string of the molecule is [Ba+2].[S-2].[S-2].[S-2]. The normalized spacial score (nSPS) is 0. The van der Waals surface area contributed by atoms with E-state index in [4.69, 9.17) is 0 Å². The number of hydrogen-bond donors (Lipinski definition) is 0. The van der Waals surface area contributed by atoms with Gasteiger partial charge in [-0.2, -0.15) is 0 Å². The van der Waals surface area contributed by atoms with Crippen LogP contribution < -0.4 is 0 Å². The number of rotatable bonds is 0. The van der Waals surface area contributed by atoms with Gasteiger partial charge in [-0.1, -0.05) is 0 Å². The summed E-state index contributed by atoms with van der Waals surface area (Å²) in [6.45, 7) is 0. The maximum Gasteiger partial charge on any atom is 2.00 e. The Bertz CT molecular complexity index is 3.25. The van der Waals surface area contributed by atoms with Gasteiger partial charge in [0.25, 0.3) is 0 Å². The summed E-state index contributed by atoms with van der Waals surface area (Å²) in [5.41, 5.74) is 0. The number of hydrogen-bond acceptors (Lipinski definition) is 0. The largest absolute Gasteiger partial charge is 2.00 e. The third kappa shape index (κ3) is 8.82. The summed E-state index contributed by atoms with van der Waals surface area (Å²) in [5, 5.41) is 0. The minimum Gasteiger partial charge on any atom is -2.00 e. The van der Waals surface area contributed by atoms with Gasteiger partial charge in [-0.05, 0) is 0 Å². The molecule has 0 aromatic heterocycles. The first-order valence-corrected chi connectivity index (χ1v) is 0. The summed E-state index contributed by atoms with van der Waals surface area (Å²) in [6.07, 6.45) is 0. The Morgan fingerprint density at radius 2 is 0.500 bits per heavy atom. The average molecular weight is 234 g/mol. The zero-order valence-corrected chi connectivity index (χ0v) is 8.82. The molecule has 0 unspecified atom stereocenters. The van der Waals surface area contributed by atoms with E-state index >= 15 is 0 Å². The van der Waals surface area contributed by atoms with Gasteiger partial charge < -0.3 is 40.5 Å². The molecule has 0 heterocycles. The quantitative estimate of drug-likeness (QED) is 0.500. The van der Waals surface area contributed by atoms with Crippen LogP contribution in [0, 0.1) is 0 Å². The predicted molar refractivity (Wildman–Crippen MR) is 27.8 cm³/mol. The smallest absolute Gasteiger partial charge is 2.00 e. The maximum atomic E-state index is 0. The molecular formula is BaS3-4. The van der Waals surface area contributed by atoms with Gasteiger partial charge in [-0.15, -0.1) is 0 Å². The molecule has 0 aliphatic rings. The fraction of sp³-hybridized carbons (Fsp3) is 0. The molecule has 0 rings (SSSR count). The van der Waals surface area contributed by atoms with Crippen molar-refractivity contribution in [3.8, 4) is 0 Å². The van der Waals surface area contributed by atoms with Crippen LogP contribution in [-0.4, -0.2) is 48.9 Å².